The van der Waals surface area contributed by atoms with Gasteiger partial charge in [0.1, 0.15) is 5.78 Å². The molecule has 0 bridgehead atoms. The van der Waals surface area contributed by atoms with Gasteiger partial charge in [0.05, 0.1) is 5.92 Å². The van der Waals surface area contributed by atoms with Gasteiger partial charge in [-0.1, -0.05) is 33.6 Å². The van der Waals surface area contributed by atoms with Gasteiger partial charge in [-0.15, -0.1) is 0 Å². The Morgan fingerprint density at radius 3 is 2.91 bits per heavy atom. The highest BCUT2D eigenvalue weighted by atomic mass is 79.9. The molecule has 0 aromatic heterocycles. The van der Waals surface area contributed by atoms with E-state index in [1.165, 1.54) is 0 Å². The predicted molar refractivity (Wildman–Crippen MR) is 49.7 cm³/mol. The van der Waals surface area contributed by atoms with Crippen LogP contribution in [0.1, 0.15) is 13.3 Å². The molecule has 0 N–H and O–H groups in total. The van der Waals surface area contributed by atoms with Crippen LogP contribution in [0.15, 0.2) is 21.7 Å². The van der Waals surface area contributed by atoms with Gasteiger partial charge < -0.3 is 0 Å². The van der Waals surface area contributed by atoms with Gasteiger partial charge in [0.15, 0.2) is 0 Å². The fourth-order valence-electron chi connectivity index (χ4n) is 0.994. The number of halogens is 2. The van der Waals surface area contributed by atoms with E-state index in [0.29, 0.717) is 11.5 Å². The van der Waals surface area contributed by atoms with E-state index in [2.05, 4.69) is 15.9 Å². The summed E-state index contributed by atoms with van der Waals surface area (Å²) in [5.41, 5.74) is 0. The zero-order valence-electron chi connectivity index (χ0n) is 6.10. The number of carbonyl (C=O) groups excluding carboxylic acids is 1. The molecule has 1 atom stereocenters. The quantitative estimate of drug-likeness (QED) is 0.683. The van der Waals surface area contributed by atoms with Gasteiger partial charge in [-0.3, -0.25) is 4.79 Å². The molecule has 11 heavy (non-hydrogen) atoms. The highest BCUT2D eigenvalue weighted by Gasteiger charge is 2.19. The number of hydrogen-bond donors (Lipinski definition) is 0. The van der Waals surface area contributed by atoms with Crippen molar-refractivity contribution in [3.8, 4) is 0 Å². The van der Waals surface area contributed by atoms with Crippen LogP contribution < -0.4 is 0 Å². The largest absolute Gasteiger partial charge is 0.299 e. The average Bonchev–Trinajstić information content (AvgIpc) is 1.85. The molecule has 1 aliphatic rings. The maximum Gasteiger partial charge on any atom is 0.138 e. The van der Waals surface area contributed by atoms with Crippen molar-refractivity contribution in [1.29, 1.82) is 0 Å². The number of rotatable bonds is 1. The van der Waals surface area contributed by atoms with E-state index in [1.54, 1.807) is 13.0 Å². The fraction of sp³-hybridized carbons (Fsp3) is 0.375. The summed E-state index contributed by atoms with van der Waals surface area (Å²) in [4.78, 5) is 11.0. The Kier molecular flexibility index (Phi) is 2.90. The lowest BCUT2D eigenvalue weighted by molar-refractivity contribution is -0.119. The highest BCUT2D eigenvalue weighted by Crippen LogP contribution is 2.30. The molecule has 1 nitrogen and oxygen atoms in total. The minimum absolute atomic E-state index is 0.0162. The van der Waals surface area contributed by atoms with Gasteiger partial charge in [-0.05, 0) is 19.4 Å². The molecule has 0 amide bonds. The van der Waals surface area contributed by atoms with Gasteiger partial charge in [-0.25, -0.2) is 0 Å². The average molecular weight is 236 g/mol. The summed E-state index contributed by atoms with van der Waals surface area (Å²) in [6, 6.07) is 0. The Morgan fingerprint density at radius 1 is 1.82 bits per heavy atom. The lowest BCUT2D eigenvalue weighted by Crippen LogP contribution is -2.12. The monoisotopic (exact) mass is 234 g/mol. The molecule has 0 radical (unpaired) electrons. The van der Waals surface area contributed by atoms with Crippen LogP contribution in [0.4, 0.5) is 0 Å². The maximum absolute atomic E-state index is 11.0. The van der Waals surface area contributed by atoms with Gasteiger partial charge in [0, 0.05) is 9.51 Å². The molecule has 1 unspecified atom stereocenters. The molecule has 1 aliphatic carbocycles. The molecule has 0 heterocycles. The molecule has 0 saturated heterocycles. The van der Waals surface area contributed by atoms with E-state index in [1.807, 2.05) is 6.08 Å². The van der Waals surface area contributed by atoms with Crippen LogP contribution in [0.2, 0.25) is 0 Å². The maximum atomic E-state index is 11.0. The molecular formula is C8H8BrClO. The second-order valence-electron chi connectivity index (χ2n) is 2.52. The first kappa shape index (κ1) is 9.01. The van der Waals surface area contributed by atoms with Crippen LogP contribution in [0.3, 0.4) is 0 Å². The van der Waals surface area contributed by atoms with E-state index in [-0.39, 0.29) is 11.7 Å². The minimum Gasteiger partial charge on any atom is -0.299 e. The van der Waals surface area contributed by atoms with Crippen LogP contribution in [0, 0.1) is 5.92 Å². The van der Waals surface area contributed by atoms with Crippen molar-refractivity contribution in [3.63, 3.8) is 0 Å². The standard InChI is InChI=1S/C8H8BrClO/c1-5(11)7-3-2-6(10)4-8(7)9/h2,4,7H,3H2,1H3. The molecule has 0 spiro atoms. The van der Waals surface area contributed by atoms with E-state index in [0.717, 1.165) is 4.48 Å². The third kappa shape index (κ3) is 2.17. The van der Waals surface area contributed by atoms with Crippen molar-refractivity contribution >= 4 is 33.3 Å². The smallest absolute Gasteiger partial charge is 0.138 e. The second-order valence-corrected chi connectivity index (χ2v) is 3.87. The van der Waals surface area contributed by atoms with Crippen molar-refractivity contribution in [2.75, 3.05) is 0 Å². The summed E-state index contributed by atoms with van der Waals surface area (Å²) < 4.78 is 0.887. The molecule has 1 rings (SSSR count). The number of carbonyl (C=O) groups is 1. The van der Waals surface area contributed by atoms with Crippen molar-refractivity contribution < 1.29 is 4.79 Å². The number of ketones is 1. The van der Waals surface area contributed by atoms with Gasteiger partial charge in [0.2, 0.25) is 0 Å². The Hall–Kier alpha value is -0.0800. The van der Waals surface area contributed by atoms with Crippen LogP contribution in [0.25, 0.3) is 0 Å². The summed E-state index contributed by atoms with van der Waals surface area (Å²) in [6.07, 6.45) is 4.35. The third-order valence-electron chi connectivity index (χ3n) is 1.65. The van der Waals surface area contributed by atoms with Crippen molar-refractivity contribution in [2.45, 2.75) is 13.3 Å². The molecule has 60 valence electrons. The molecule has 0 saturated carbocycles. The first-order chi connectivity index (χ1) is 5.11. The normalized spacial score (nSPS) is 24.1. The molecule has 3 heteroatoms. The van der Waals surface area contributed by atoms with Crippen LogP contribution in [-0.4, -0.2) is 5.78 Å². The van der Waals surface area contributed by atoms with Crippen LogP contribution in [0.5, 0.6) is 0 Å². The summed E-state index contributed by atoms with van der Waals surface area (Å²) in [5.74, 6) is 0.158. The van der Waals surface area contributed by atoms with E-state index >= 15 is 0 Å². The Morgan fingerprint density at radius 2 is 2.45 bits per heavy atom. The van der Waals surface area contributed by atoms with Gasteiger partial charge in [-0.2, -0.15) is 0 Å². The highest BCUT2D eigenvalue weighted by molar-refractivity contribution is 9.11. The fourth-order valence-corrected chi connectivity index (χ4v) is 2.09. The molecular weight excluding hydrogens is 227 g/mol. The topological polar surface area (TPSA) is 17.1 Å². The predicted octanol–water partition coefficient (Wildman–Crippen LogP) is 3.00. The van der Waals surface area contributed by atoms with E-state index in [4.69, 9.17) is 11.6 Å². The first-order valence-electron chi connectivity index (χ1n) is 3.34. The van der Waals surface area contributed by atoms with E-state index in [9.17, 15) is 4.79 Å². The second kappa shape index (κ2) is 3.55. The Balaban J connectivity index is 2.80. The third-order valence-corrected chi connectivity index (χ3v) is 2.69. The first-order valence-corrected chi connectivity index (χ1v) is 4.51. The van der Waals surface area contributed by atoms with Gasteiger partial charge in [0.25, 0.3) is 0 Å². The SMILES string of the molecule is CC(=O)C1CC=C(Cl)C=C1Br. The number of hydrogen-bond acceptors (Lipinski definition) is 1. The summed E-state index contributed by atoms with van der Waals surface area (Å²) in [7, 11) is 0. The number of Topliss-reactive ketones (excluding diaryl/α,β-unsaturated/α-hetero) is 1. The van der Waals surface area contributed by atoms with Crippen LogP contribution >= 0.6 is 27.5 Å². The van der Waals surface area contributed by atoms with Crippen molar-refractivity contribution in [2.24, 2.45) is 5.92 Å². The number of allylic oxidation sites excluding steroid dienone is 4. The molecule has 0 aromatic rings. The van der Waals surface area contributed by atoms with Gasteiger partial charge >= 0.3 is 0 Å². The minimum atomic E-state index is -0.0162. The van der Waals surface area contributed by atoms with E-state index < -0.39 is 0 Å². The van der Waals surface area contributed by atoms with Crippen LogP contribution in [-0.2, 0) is 4.79 Å². The van der Waals surface area contributed by atoms with Crippen molar-refractivity contribution in [1.82, 2.24) is 0 Å². The molecule has 0 fully saturated rings. The summed E-state index contributed by atoms with van der Waals surface area (Å²) in [6.45, 7) is 1.59. The summed E-state index contributed by atoms with van der Waals surface area (Å²) >= 11 is 9.04. The lowest BCUT2D eigenvalue weighted by atomic mass is 9.97. The zero-order chi connectivity index (χ0) is 8.43. The zero-order valence-corrected chi connectivity index (χ0v) is 8.45. The molecule has 0 aliphatic heterocycles. The Labute approximate surface area is 79.2 Å². The molecule has 0 aromatic carbocycles. The lowest BCUT2D eigenvalue weighted by Gasteiger charge is -2.14. The summed E-state index contributed by atoms with van der Waals surface area (Å²) in [5, 5.41) is 0.703. The van der Waals surface area contributed by atoms with Crippen molar-refractivity contribution in [3.05, 3.63) is 21.7 Å². The Bertz CT molecular complexity index is 242.